The maximum absolute atomic E-state index is 12.7. The topological polar surface area (TPSA) is 87.2 Å². The van der Waals surface area contributed by atoms with Crippen molar-refractivity contribution in [2.45, 2.75) is 45.2 Å². The Morgan fingerprint density at radius 1 is 1.50 bits per heavy atom. The first kappa shape index (κ1) is 17.4. The van der Waals surface area contributed by atoms with Gasteiger partial charge in [-0.1, -0.05) is 6.92 Å². The highest BCUT2D eigenvalue weighted by atomic mass is 32.2. The number of rotatable bonds is 7. The molecule has 8 heteroatoms. The minimum Gasteiger partial charge on any atom is -0.480 e. The van der Waals surface area contributed by atoms with Crippen molar-refractivity contribution in [2.75, 3.05) is 26.8 Å². The predicted molar refractivity (Wildman–Crippen MR) is 74.6 cm³/mol. The van der Waals surface area contributed by atoms with E-state index in [2.05, 4.69) is 0 Å². The first-order chi connectivity index (χ1) is 9.36. The van der Waals surface area contributed by atoms with Crippen LogP contribution < -0.4 is 0 Å². The first-order valence-corrected chi connectivity index (χ1v) is 8.26. The maximum atomic E-state index is 12.7. The van der Waals surface area contributed by atoms with E-state index >= 15 is 0 Å². The lowest BCUT2D eigenvalue weighted by Crippen LogP contribution is -2.55. The Balaban J connectivity index is 3.01. The molecule has 0 amide bonds. The molecule has 1 N–H and O–H groups in total. The van der Waals surface area contributed by atoms with Gasteiger partial charge in [-0.3, -0.25) is 4.79 Å². The van der Waals surface area contributed by atoms with Gasteiger partial charge in [0.15, 0.2) is 0 Å². The van der Waals surface area contributed by atoms with Crippen LogP contribution in [0.15, 0.2) is 0 Å². The van der Waals surface area contributed by atoms with Crippen LogP contribution in [0.4, 0.5) is 0 Å². The lowest BCUT2D eigenvalue weighted by Gasteiger charge is -2.37. The van der Waals surface area contributed by atoms with Crippen LogP contribution in [0.1, 0.15) is 33.1 Å². The van der Waals surface area contributed by atoms with Gasteiger partial charge in [-0.25, -0.2) is 0 Å². The van der Waals surface area contributed by atoms with E-state index in [1.54, 1.807) is 13.8 Å². The summed E-state index contributed by atoms with van der Waals surface area (Å²) >= 11 is 0. The van der Waals surface area contributed by atoms with E-state index in [1.165, 1.54) is 11.4 Å². The van der Waals surface area contributed by atoms with E-state index < -0.39 is 22.2 Å². The summed E-state index contributed by atoms with van der Waals surface area (Å²) < 4.78 is 32.8. The van der Waals surface area contributed by atoms with Crippen molar-refractivity contribution in [3.63, 3.8) is 0 Å². The van der Waals surface area contributed by atoms with Gasteiger partial charge in [0.05, 0.1) is 6.61 Å². The number of likely N-dealkylation sites (N-methyl/N-ethyl adjacent to an activating group) is 1. The summed E-state index contributed by atoms with van der Waals surface area (Å²) in [4.78, 5) is 11.3. The summed E-state index contributed by atoms with van der Waals surface area (Å²) in [6.45, 7) is 4.32. The SMILES string of the molecule is CCN(C(C)COC)S(=O)(=O)N1CCCCC1C(=O)O. The third-order valence-corrected chi connectivity index (χ3v) is 5.78. The van der Waals surface area contributed by atoms with Crippen LogP contribution in [0.3, 0.4) is 0 Å². The molecule has 2 atom stereocenters. The Kier molecular flexibility index (Phi) is 6.38. The molecule has 0 aromatic carbocycles. The number of methoxy groups -OCH3 is 1. The summed E-state index contributed by atoms with van der Waals surface area (Å²) in [7, 11) is -2.27. The van der Waals surface area contributed by atoms with Crippen molar-refractivity contribution in [1.29, 1.82) is 0 Å². The lowest BCUT2D eigenvalue weighted by molar-refractivity contribution is -0.142. The van der Waals surface area contributed by atoms with Crippen molar-refractivity contribution in [2.24, 2.45) is 0 Å². The second-order valence-corrected chi connectivity index (χ2v) is 6.81. The molecule has 0 aromatic rings. The summed E-state index contributed by atoms with van der Waals surface area (Å²) in [5, 5.41) is 9.22. The fraction of sp³-hybridized carbons (Fsp3) is 0.917. The van der Waals surface area contributed by atoms with Gasteiger partial charge in [-0.2, -0.15) is 17.0 Å². The fourth-order valence-electron chi connectivity index (χ4n) is 2.59. The Morgan fingerprint density at radius 3 is 2.65 bits per heavy atom. The van der Waals surface area contributed by atoms with E-state index in [9.17, 15) is 18.3 Å². The molecule has 7 nitrogen and oxygen atoms in total. The zero-order valence-corrected chi connectivity index (χ0v) is 13.1. The van der Waals surface area contributed by atoms with Crippen molar-refractivity contribution in [3.05, 3.63) is 0 Å². The maximum Gasteiger partial charge on any atom is 0.322 e. The molecule has 1 saturated heterocycles. The second-order valence-electron chi connectivity index (χ2n) is 4.98. The van der Waals surface area contributed by atoms with Crippen LogP contribution in [0.25, 0.3) is 0 Å². The first-order valence-electron chi connectivity index (χ1n) is 6.86. The standard InChI is InChI=1S/C12H24N2O5S/c1-4-13(10(2)9-19-3)20(17,18)14-8-6-5-7-11(14)12(15)16/h10-11H,4-9H2,1-3H3,(H,15,16). The Morgan fingerprint density at radius 2 is 2.15 bits per heavy atom. The van der Waals surface area contributed by atoms with Gasteiger partial charge in [0.1, 0.15) is 6.04 Å². The van der Waals surface area contributed by atoms with Gasteiger partial charge in [0.25, 0.3) is 10.2 Å². The van der Waals surface area contributed by atoms with Crippen molar-refractivity contribution < 1.29 is 23.1 Å². The number of carbonyl (C=O) groups is 1. The summed E-state index contributed by atoms with van der Waals surface area (Å²) in [6.07, 6.45) is 1.80. The quantitative estimate of drug-likeness (QED) is 0.741. The summed E-state index contributed by atoms with van der Waals surface area (Å²) in [6, 6.07) is -1.29. The van der Waals surface area contributed by atoms with Crippen molar-refractivity contribution in [3.8, 4) is 0 Å². The van der Waals surface area contributed by atoms with Gasteiger partial charge in [-0.15, -0.1) is 0 Å². The molecule has 20 heavy (non-hydrogen) atoms. The molecule has 2 unspecified atom stereocenters. The second kappa shape index (κ2) is 7.35. The number of carboxylic acid groups (broad SMARTS) is 1. The van der Waals surface area contributed by atoms with E-state index in [0.29, 0.717) is 12.8 Å². The molecular formula is C12H24N2O5S. The third-order valence-electron chi connectivity index (χ3n) is 3.54. The van der Waals surface area contributed by atoms with Gasteiger partial charge in [0, 0.05) is 26.2 Å². The monoisotopic (exact) mass is 308 g/mol. The number of aliphatic carboxylic acids is 1. The van der Waals surface area contributed by atoms with Crippen LogP contribution >= 0.6 is 0 Å². The van der Waals surface area contributed by atoms with Gasteiger partial charge >= 0.3 is 5.97 Å². The number of carboxylic acids is 1. The number of piperidine rings is 1. The lowest BCUT2D eigenvalue weighted by atomic mass is 10.1. The predicted octanol–water partition coefficient (Wildman–Crippen LogP) is 0.527. The molecule has 1 aliphatic heterocycles. The number of nitrogens with zero attached hydrogens (tertiary/aromatic N) is 2. The Labute approximate surface area is 120 Å². The zero-order chi connectivity index (χ0) is 15.3. The fourth-order valence-corrected chi connectivity index (χ4v) is 4.58. The third kappa shape index (κ3) is 3.69. The molecule has 0 radical (unpaired) electrons. The minimum absolute atomic E-state index is 0.259. The average molecular weight is 308 g/mol. The van der Waals surface area contributed by atoms with Crippen molar-refractivity contribution >= 4 is 16.2 Å². The molecule has 118 valence electrons. The van der Waals surface area contributed by atoms with E-state index in [-0.39, 0.29) is 25.7 Å². The minimum atomic E-state index is -3.78. The van der Waals surface area contributed by atoms with Gasteiger partial charge in [0.2, 0.25) is 0 Å². The smallest absolute Gasteiger partial charge is 0.322 e. The summed E-state index contributed by atoms with van der Waals surface area (Å²) in [5.41, 5.74) is 0. The average Bonchev–Trinajstić information content (AvgIpc) is 2.39. The number of hydrogen-bond acceptors (Lipinski definition) is 4. The van der Waals surface area contributed by atoms with Crippen LogP contribution in [-0.4, -0.2) is 67.0 Å². The molecule has 1 aliphatic rings. The Hall–Kier alpha value is -0.700. The van der Waals surface area contributed by atoms with Crippen LogP contribution in [0, 0.1) is 0 Å². The van der Waals surface area contributed by atoms with Crippen LogP contribution in [0.2, 0.25) is 0 Å². The van der Waals surface area contributed by atoms with Crippen LogP contribution in [-0.2, 0) is 19.7 Å². The highest BCUT2D eigenvalue weighted by Crippen LogP contribution is 2.24. The van der Waals surface area contributed by atoms with Crippen LogP contribution in [0.5, 0.6) is 0 Å². The number of hydrogen-bond donors (Lipinski definition) is 1. The van der Waals surface area contributed by atoms with Gasteiger partial charge < -0.3 is 9.84 Å². The molecule has 1 fully saturated rings. The Bertz CT molecular complexity index is 426. The molecule has 0 spiro atoms. The number of ether oxygens (including phenoxy) is 1. The molecule has 1 heterocycles. The molecular weight excluding hydrogens is 284 g/mol. The highest BCUT2D eigenvalue weighted by Gasteiger charge is 2.40. The highest BCUT2D eigenvalue weighted by molar-refractivity contribution is 7.86. The molecule has 0 aliphatic carbocycles. The molecule has 1 rings (SSSR count). The normalized spacial score (nSPS) is 22.9. The largest absolute Gasteiger partial charge is 0.480 e. The summed E-state index contributed by atoms with van der Waals surface area (Å²) in [5.74, 6) is -1.08. The van der Waals surface area contributed by atoms with E-state index in [4.69, 9.17) is 4.74 Å². The van der Waals surface area contributed by atoms with E-state index in [1.807, 2.05) is 0 Å². The molecule has 0 aromatic heterocycles. The van der Waals surface area contributed by atoms with E-state index in [0.717, 1.165) is 10.7 Å². The van der Waals surface area contributed by atoms with Gasteiger partial charge in [-0.05, 0) is 26.2 Å². The zero-order valence-electron chi connectivity index (χ0n) is 12.3. The molecule has 0 bridgehead atoms. The van der Waals surface area contributed by atoms with Crippen molar-refractivity contribution in [1.82, 2.24) is 8.61 Å². The molecule has 0 saturated carbocycles.